The first-order valence-corrected chi connectivity index (χ1v) is 11.1. The zero-order valence-electron chi connectivity index (χ0n) is 18.2. The van der Waals surface area contributed by atoms with E-state index in [1.54, 1.807) is 12.4 Å². The highest BCUT2D eigenvalue weighted by Gasteiger charge is 2.33. The predicted octanol–water partition coefficient (Wildman–Crippen LogP) is 2.20. The molecular weight excluding hydrogens is 404 g/mol. The van der Waals surface area contributed by atoms with E-state index in [2.05, 4.69) is 44.0 Å². The van der Waals surface area contributed by atoms with Crippen LogP contribution in [0.5, 0.6) is 0 Å². The summed E-state index contributed by atoms with van der Waals surface area (Å²) in [6.45, 7) is 6.67. The van der Waals surface area contributed by atoms with E-state index in [0.717, 1.165) is 49.6 Å². The van der Waals surface area contributed by atoms with Crippen LogP contribution in [0.25, 0.3) is 11.3 Å². The second-order valence-corrected chi connectivity index (χ2v) is 9.09. The molecule has 3 aromatic rings. The largest absolute Gasteiger partial charge is 0.353 e. The lowest BCUT2D eigenvalue weighted by molar-refractivity contribution is -0.120. The summed E-state index contributed by atoms with van der Waals surface area (Å²) in [7, 11) is 0. The van der Waals surface area contributed by atoms with Crippen LogP contribution in [0, 0.1) is 11.3 Å². The smallest absolute Gasteiger partial charge is 0.231 e. The molecule has 0 aromatic carbocycles. The SMILES string of the molecule is CC1(Cn2cc(-c3ccc(NC(=O)C4CN(c5cccnn5)C4)cn3)cn2)CCNCC1. The second-order valence-electron chi connectivity index (χ2n) is 9.09. The van der Waals surface area contributed by atoms with Crippen molar-refractivity contribution in [3.05, 3.63) is 49.1 Å². The summed E-state index contributed by atoms with van der Waals surface area (Å²) in [5.41, 5.74) is 2.81. The maximum Gasteiger partial charge on any atom is 0.231 e. The molecule has 3 aromatic heterocycles. The number of aromatic nitrogens is 5. The molecule has 0 unspecified atom stereocenters. The molecule has 0 saturated carbocycles. The minimum absolute atomic E-state index is 0.00252. The molecule has 1 amide bonds. The van der Waals surface area contributed by atoms with Gasteiger partial charge in [0.1, 0.15) is 0 Å². The summed E-state index contributed by atoms with van der Waals surface area (Å²) >= 11 is 0. The zero-order chi connectivity index (χ0) is 22.0. The molecule has 0 spiro atoms. The monoisotopic (exact) mass is 432 g/mol. The van der Waals surface area contributed by atoms with E-state index in [-0.39, 0.29) is 17.2 Å². The number of carbonyl (C=O) groups excluding carboxylic acids is 1. The normalized spacial score (nSPS) is 18.2. The van der Waals surface area contributed by atoms with Gasteiger partial charge in [-0.25, -0.2) is 0 Å². The fourth-order valence-corrected chi connectivity index (χ4v) is 4.34. The number of nitrogens with one attached hydrogen (secondary N) is 2. The minimum Gasteiger partial charge on any atom is -0.353 e. The number of carbonyl (C=O) groups is 1. The van der Waals surface area contributed by atoms with Crippen LogP contribution in [0.4, 0.5) is 11.5 Å². The lowest BCUT2D eigenvalue weighted by Gasteiger charge is -2.38. The van der Waals surface area contributed by atoms with Gasteiger partial charge in [-0.2, -0.15) is 10.2 Å². The number of anilines is 2. The summed E-state index contributed by atoms with van der Waals surface area (Å²) in [6.07, 6.45) is 9.59. The molecule has 2 N–H and O–H groups in total. The number of amides is 1. The molecule has 0 atom stereocenters. The highest BCUT2D eigenvalue weighted by atomic mass is 16.2. The van der Waals surface area contributed by atoms with E-state index in [1.807, 2.05) is 40.0 Å². The Morgan fingerprint density at radius 3 is 2.78 bits per heavy atom. The second kappa shape index (κ2) is 8.66. The van der Waals surface area contributed by atoms with E-state index in [4.69, 9.17) is 0 Å². The third kappa shape index (κ3) is 4.47. The maximum absolute atomic E-state index is 12.5. The van der Waals surface area contributed by atoms with Crippen LogP contribution in [0.15, 0.2) is 49.1 Å². The predicted molar refractivity (Wildman–Crippen MR) is 122 cm³/mol. The number of hydrogen-bond acceptors (Lipinski definition) is 7. The van der Waals surface area contributed by atoms with Gasteiger partial charge in [0.05, 0.1) is 29.7 Å². The molecule has 32 heavy (non-hydrogen) atoms. The third-order valence-corrected chi connectivity index (χ3v) is 6.45. The molecule has 5 heterocycles. The van der Waals surface area contributed by atoms with Gasteiger partial charge in [-0.3, -0.25) is 14.5 Å². The van der Waals surface area contributed by atoms with Crippen molar-refractivity contribution in [2.75, 3.05) is 36.4 Å². The fourth-order valence-electron chi connectivity index (χ4n) is 4.34. The lowest BCUT2D eigenvalue weighted by atomic mass is 9.81. The molecule has 166 valence electrons. The minimum atomic E-state index is -0.0636. The number of nitrogens with zero attached hydrogens (tertiary/aromatic N) is 6. The van der Waals surface area contributed by atoms with Crippen LogP contribution in [0.2, 0.25) is 0 Å². The van der Waals surface area contributed by atoms with Gasteiger partial charge in [-0.1, -0.05) is 6.92 Å². The summed E-state index contributed by atoms with van der Waals surface area (Å²) < 4.78 is 2.03. The van der Waals surface area contributed by atoms with Gasteiger partial charge in [-0.05, 0) is 55.6 Å². The van der Waals surface area contributed by atoms with Gasteiger partial charge in [0.15, 0.2) is 5.82 Å². The number of rotatable bonds is 6. The number of pyridine rings is 1. The summed E-state index contributed by atoms with van der Waals surface area (Å²) in [4.78, 5) is 19.1. The van der Waals surface area contributed by atoms with Crippen molar-refractivity contribution in [2.45, 2.75) is 26.3 Å². The summed E-state index contributed by atoms with van der Waals surface area (Å²) in [5.74, 6) is 0.742. The average molecular weight is 433 g/mol. The molecule has 0 bridgehead atoms. The summed E-state index contributed by atoms with van der Waals surface area (Å²) in [5, 5.41) is 18.9. The van der Waals surface area contributed by atoms with Crippen molar-refractivity contribution >= 4 is 17.4 Å². The van der Waals surface area contributed by atoms with Crippen LogP contribution < -0.4 is 15.5 Å². The summed E-state index contributed by atoms with van der Waals surface area (Å²) in [6, 6.07) is 7.57. The van der Waals surface area contributed by atoms with Crippen LogP contribution in [0.1, 0.15) is 19.8 Å². The van der Waals surface area contributed by atoms with Crippen LogP contribution in [-0.4, -0.2) is 57.0 Å². The Bertz CT molecular complexity index is 1050. The Kier molecular flexibility index (Phi) is 5.57. The first-order chi connectivity index (χ1) is 15.6. The Morgan fingerprint density at radius 1 is 1.22 bits per heavy atom. The van der Waals surface area contributed by atoms with Crippen LogP contribution in [-0.2, 0) is 11.3 Å². The lowest BCUT2D eigenvalue weighted by Crippen LogP contribution is -2.52. The number of hydrogen-bond donors (Lipinski definition) is 2. The van der Waals surface area contributed by atoms with E-state index in [0.29, 0.717) is 18.8 Å². The molecule has 9 nitrogen and oxygen atoms in total. The molecule has 2 aliphatic heterocycles. The Hall–Kier alpha value is -3.33. The van der Waals surface area contributed by atoms with Gasteiger partial charge >= 0.3 is 0 Å². The van der Waals surface area contributed by atoms with Crippen LogP contribution >= 0.6 is 0 Å². The van der Waals surface area contributed by atoms with Gasteiger partial charge < -0.3 is 15.5 Å². The zero-order valence-corrected chi connectivity index (χ0v) is 18.2. The fraction of sp³-hybridized carbons (Fsp3) is 0.435. The maximum atomic E-state index is 12.5. The topological polar surface area (TPSA) is 101 Å². The van der Waals surface area contributed by atoms with Crippen molar-refractivity contribution in [1.29, 1.82) is 0 Å². The molecule has 2 aliphatic rings. The van der Waals surface area contributed by atoms with Crippen LogP contribution in [0.3, 0.4) is 0 Å². The first-order valence-electron chi connectivity index (χ1n) is 11.1. The van der Waals surface area contributed by atoms with Crippen molar-refractivity contribution in [3.63, 3.8) is 0 Å². The third-order valence-electron chi connectivity index (χ3n) is 6.45. The Balaban J connectivity index is 1.15. The van der Waals surface area contributed by atoms with Gasteiger partial charge in [0.2, 0.25) is 5.91 Å². The molecule has 0 aliphatic carbocycles. The van der Waals surface area contributed by atoms with Crippen molar-refractivity contribution in [1.82, 2.24) is 30.3 Å². The molecule has 5 rings (SSSR count). The Labute approximate surface area is 187 Å². The first kappa shape index (κ1) is 20.6. The Morgan fingerprint density at radius 2 is 2.06 bits per heavy atom. The van der Waals surface area contributed by atoms with Crippen molar-refractivity contribution < 1.29 is 4.79 Å². The highest BCUT2D eigenvalue weighted by Crippen LogP contribution is 2.30. The standard InChI is InChI=1S/C23H28N8O/c1-23(6-9-24-10-7-23)16-31-15-17(11-27-31)20-5-4-19(12-25-20)28-22(32)18-13-30(14-18)21-3-2-8-26-29-21/h2-5,8,11-12,15,18,24H,6-7,9-10,13-14,16H2,1H3,(H,28,32). The highest BCUT2D eigenvalue weighted by molar-refractivity contribution is 5.94. The molecule has 9 heteroatoms. The van der Waals surface area contributed by atoms with E-state index in [1.165, 1.54) is 0 Å². The quantitative estimate of drug-likeness (QED) is 0.616. The van der Waals surface area contributed by atoms with Gasteiger partial charge in [0, 0.05) is 37.6 Å². The van der Waals surface area contributed by atoms with E-state index in [9.17, 15) is 4.79 Å². The van der Waals surface area contributed by atoms with Crippen molar-refractivity contribution in [2.24, 2.45) is 11.3 Å². The van der Waals surface area contributed by atoms with E-state index >= 15 is 0 Å². The molecule has 2 fully saturated rings. The van der Waals surface area contributed by atoms with E-state index < -0.39 is 0 Å². The van der Waals surface area contributed by atoms with Gasteiger partial charge in [0.25, 0.3) is 0 Å². The molecule has 2 saturated heterocycles. The van der Waals surface area contributed by atoms with Crippen molar-refractivity contribution in [3.8, 4) is 11.3 Å². The molecular formula is C23H28N8O. The van der Waals surface area contributed by atoms with Gasteiger partial charge in [-0.15, -0.1) is 5.10 Å². The molecule has 0 radical (unpaired) electrons. The average Bonchev–Trinajstić information content (AvgIpc) is 3.22. The number of piperidine rings is 1.